The molecule has 0 amide bonds. The largest absolute Gasteiger partial charge is 0.497 e. The van der Waals surface area contributed by atoms with Gasteiger partial charge >= 0.3 is 0 Å². The van der Waals surface area contributed by atoms with E-state index in [-0.39, 0.29) is 35.9 Å². The molecule has 0 fully saturated rings. The SMILES string of the molecule is Br.COc1ccc(C(=O)Cn2c(NCCCO)nc3cc(C)c(C)cc32)cc1. The fourth-order valence-corrected chi connectivity index (χ4v) is 2.97. The fourth-order valence-electron chi connectivity index (χ4n) is 2.97. The Morgan fingerprint density at radius 2 is 1.86 bits per heavy atom. The van der Waals surface area contributed by atoms with Crippen LogP contribution in [-0.2, 0) is 6.54 Å². The van der Waals surface area contributed by atoms with E-state index in [9.17, 15) is 4.79 Å². The number of anilines is 1. The van der Waals surface area contributed by atoms with Crippen molar-refractivity contribution in [3.05, 3.63) is 53.1 Å². The number of nitrogens with one attached hydrogen (secondary N) is 1. The average Bonchev–Trinajstić information content (AvgIpc) is 2.99. The summed E-state index contributed by atoms with van der Waals surface area (Å²) in [5, 5.41) is 12.3. The number of hydrogen-bond acceptors (Lipinski definition) is 5. The van der Waals surface area contributed by atoms with Gasteiger partial charge in [-0.2, -0.15) is 0 Å². The van der Waals surface area contributed by atoms with Crippen molar-refractivity contribution < 1.29 is 14.6 Å². The molecule has 1 heterocycles. The monoisotopic (exact) mass is 447 g/mol. The maximum Gasteiger partial charge on any atom is 0.204 e. The predicted molar refractivity (Wildman–Crippen MR) is 117 cm³/mol. The Hall–Kier alpha value is -2.38. The molecule has 2 N–H and O–H groups in total. The van der Waals surface area contributed by atoms with Gasteiger partial charge in [-0.3, -0.25) is 4.79 Å². The van der Waals surface area contributed by atoms with Gasteiger partial charge < -0.3 is 19.7 Å². The highest BCUT2D eigenvalue weighted by Crippen LogP contribution is 2.24. The van der Waals surface area contributed by atoms with E-state index in [1.807, 2.05) is 10.6 Å². The third-order valence-electron chi connectivity index (χ3n) is 4.70. The lowest BCUT2D eigenvalue weighted by molar-refractivity contribution is 0.0974. The molecule has 0 radical (unpaired) electrons. The second-order valence-electron chi connectivity index (χ2n) is 6.60. The molecule has 3 aromatic rings. The number of aryl methyl sites for hydroxylation is 2. The number of hydrogen-bond donors (Lipinski definition) is 2. The van der Waals surface area contributed by atoms with Gasteiger partial charge in [-0.25, -0.2) is 4.98 Å². The highest BCUT2D eigenvalue weighted by molar-refractivity contribution is 8.93. The number of nitrogens with zero attached hydrogens (tertiary/aromatic N) is 2. The molecule has 28 heavy (non-hydrogen) atoms. The van der Waals surface area contributed by atoms with Crippen molar-refractivity contribution >= 4 is 39.7 Å². The van der Waals surface area contributed by atoms with Gasteiger partial charge in [0.2, 0.25) is 5.95 Å². The number of methoxy groups -OCH3 is 1. The summed E-state index contributed by atoms with van der Waals surface area (Å²) in [7, 11) is 1.60. The molecule has 7 heteroatoms. The van der Waals surface area contributed by atoms with E-state index in [0.29, 0.717) is 24.5 Å². The quantitative estimate of drug-likeness (QED) is 0.404. The Kier molecular flexibility index (Phi) is 7.60. The van der Waals surface area contributed by atoms with Crippen LogP contribution in [0.25, 0.3) is 11.0 Å². The van der Waals surface area contributed by atoms with Crippen LogP contribution in [0.5, 0.6) is 5.75 Å². The first-order chi connectivity index (χ1) is 13.0. The fraction of sp³-hybridized carbons (Fsp3) is 0.333. The van der Waals surface area contributed by atoms with Gasteiger partial charge in [0.15, 0.2) is 5.78 Å². The lowest BCUT2D eigenvalue weighted by Crippen LogP contribution is -2.15. The van der Waals surface area contributed by atoms with Gasteiger partial charge in [-0.1, -0.05) is 0 Å². The Morgan fingerprint density at radius 1 is 1.18 bits per heavy atom. The molecule has 2 aromatic carbocycles. The molecule has 3 rings (SSSR count). The van der Waals surface area contributed by atoms with E-state index in [2.05, 4.69) is 30.2 Å². The minimum absolute atomic E-state index is 0. The maximum atomic E-state index is 12.8. The predicted octanol–water partition coefficient (Wildman–Crippen LogP) is 3.92. The second kappa shape index (κ2) is 9.71. The number of rotatable bonds is 8. The van der Waals surface area contributed by atoms with E-state index in [1.165, 1.54) is 0 Å². The second-order valence-corrected chi connectivity index (χ2v) is 6.60. The zero-order valence-electron chi connectivity index (χ0n) is 16.4. The average molecular weight is 448 g/mol. The smallest absolute Gasteiger partial charge is 0.204 e. The first-order valence-electron chi connectivity index (χ1n) is 9.03. The van der Waals surface area contributed by atoms with E-state index < -0.39 is 0 Å². The first kappa shape index (κ1) is 21.9. The molecular weight excluding hydrogens is 422 g/mol. The van der Waals surface area contributed by atoms with Crippen LogP contribution in [0.1, 0.15) is 27.9 Å². The molecule has 6 nitrogen and oxygen atoms in total. The molecule has 0 unspecified atom stereocenters. The number of carbonyl (C=O) groups is 1. The van der Waals surface area contributed by atoms with Crippen molar-refractivity contribution in [3.8, 4) is 5.75 Å². The third kappa shape index (κ3) is 4.72. The first-order valence-corrected chi connectivity index (χ1v) is 9.03. The lowest BCUT2D eigenvalue weighted by atomic mass is 10.1. The summed E-state index contributed by atoms with van der Waals surface area (Å²) in [6.45, 7) is 4.99. The number of aliphatic hydroxyl groups is 1. The summed E-state index contributed by atoms with van der Waals surface area (Å²) in [6.07, 6.45) is 0.619. The zero-order valence-corrected chi connectivity index (χ0v) is 18.1. The molecule has 0 bridgehead atoms. The van der Waals surface area contributed by atoms with E-state index >= 15 is 0 Å². The number of imidazole rings is 1. The van der Waals surface area contributed by atoms with Crippen molar-refractivity contribution in [2.24, 2.45) is 0 Å². The molecule has 0 atom stereocenters. The Labute approximate surface area is 175 Å². The van der Waals surface area contributed by atoms with Crippen molar-refractivity contribution in [1.82, 2.24) is 9.55 Å². The zero-order chi connectivity index (χ0) is 19.4. The van der Waals surface area contributed by atoms with E-state index in [1.54, 1.807) is 31.4 Å². The number of ether oxygens (including phenoxy) is 1. The van der Waals surface area contributed by atoms with Crippen LogP contribution in [0, 0.1) is 13.8 Å². The van der Waals surface area contributed by atoms with E-state index in [0.717, 1.165) is 27.9 Å². The van der Waals surface area contributed by atoms with Crippen LogP contribution < -0.4 is 10.1 Å². The standard InChI is InChI=1S/C21H25N3O3.BrH/c1-14-11-18-19(12-15(14)2)24(21(23-18)22-9-4-10-25)13-20(26)16-5-7-17(27-3)8-6-16;/h5-8,11-12,25H,4,9-10,13H2,1-3H3,(H,22,23);1H. The summed E-state index contributed by atoms with van der Waals surface area (Å²) >= 11 is 0. The van der Waals surface area contributed by atoms with Gasteiger partial charge in [0.25, 0.3) is 0 Å². The van der Waals surface area contributed by atoms with Gasteiger partial charge in [0, 0.05) is 18.7 Å². The minimum atomic E-state index is 0. The van der Waals surface area contributed by atoms with Gasteiger partial charge in [-0.15, -0.1) is 17.0 Å². The summed E-state index contributed by atoms with van der Waals surface area (Å²) in [4.78, 5) is 17.5. The number of aliphatic hydroxyl groups excluding tert-OH is 1. The van der Waals surface area contributed by atoms with Crippen LogP contribution >= 0.6 is 17.0 Å². The minimum Gasteiger partial charge on any atom is -0.497 e. The normalized spacial score (nSPS) is 10.6. The number of fused-ring (bicyclic) bond motifs is 1. The number of ketones is 1. The molecule has 150 valence electrons. The molecule has 0 saturated carbocycles. The van der Waals surface area contributed by atoms with Gasteiger partial charge in [0.05, 0.1) is 24.7 Å². The van der Waals surface area contributed by atoms with Crippen molar-refractivity contribution in [2.45, 2.75) is 26.8 Å². The van der Waals surface area contributed by atoms with Crippen LogP contribution in [0.2, 0.25) is 0 Å². The Morgan fingerprint density at radius 3 is 2.50 bits per heavy atom. The van der Waals surface area contributed by atoms with E-state index in [4.69, 9.17) is 9.84 Å². The number of benzene rings is 2. The molecular formula is C21H26BrN3O3. The topological polar surface area (TPSA) is 76.4 Å². The molecule has 0 saturated heterocycles. The Bertz CT molecular complexity index is 952. The van der Waals surface area contributed by atoms with Crippen molar-refractivity contribution in [2.75, 3.05) is 25.6 Å². The summed E-state index contributed by atoms with van der Waals surface area (Å²) in [6, 6.07) is 11.2. The summed E-state index contributed by atoms with van der Waals surface area (Å²) < 4.78 is 7.06. The summed E-state index contributed by atoms with van der Waals surface area (Å²) in [5.41, 5.74) is 4.72. The summed E-state index contributed by atoms with van der Waals surface area (Å²) in [5.74, 6) is 1.36. The number of aromatic nitrogens is 2. The molecule has 1 aromatic heterocycles. The highest BCUT2D eigenvalue weighted by Gasteiger charge is 2.16. The van der Waals surface area contributed by atoms with Crippen molar-refractivity contribution in [3.63, 3.8) is 0 Å². The molecule has 0 aliphatic rings. The van der Waals surface area contributed by atoms with Gasteiger partial charge in [0.1, 0.15) is 5.75 Å². The number of Topliss-reactive ketones (excluding diaryl/α,β-unsaturated/α-hetero) is 1. The highest BCUT2D eigenvalue weighted by atomic mass is 79.9. The lowest BCUT2D eigenvalue weighted by Gasteiger charge is -2.11. The molecule has 0 aliphatic heterocycles. The maximum absolute atomic E-state index is 12.8. The van der Waals surface area contributed by atoms with Crippen molar-refractivity contribution in [1.29, 1.82) is 0 Å². The number of halogens is 1. The van der Waals surface area contributed by atoms with Crippen LogP contribution in [-0.4, -0.2) is 40.7 Å². The van der Waals surface area contributed by atoms with Crippen LogP contribution in [0.15, 0.2) is 36.4 Å². The van der Waals surface area contributed by atoms with Gasteiger partial charge in [-0.05, 0) is 67.8 Å². The third-order valence-corrected chi connectivity index (χ3v) is 4.70. The van der Waals surface area contributed by atoms with Crippen LogP contribution in [0.4, 0.5) is 5.95 Å². The Balaban J connectivity index is 0.00000280. The molecule has 0 aliphatic carbocycles. The number of carbonyl (C=O) groups excluding carboxylic acids is 1. The van der Waals surface area contributed by atoms with Crippen LogP contribution in [0.3, 0.4) is 0 Å². The molecule has 0 spiro atoms.